The van der Waals surface area contributed by atoms with Crippen molar-refractivity contribution in [1.82, 2.24) is 20.1 Å². The Morgan fingerprint density at radius 3 is 2.63 bits per heavy atom. The Hall–Kier alpha value is -2.34. The summed E-state index contributed by atoms with van der Waals surface area (Å²) < 4.78 is 0. The van der Waals surface area contributed by atoms with Crippen molar-refractivity contribution in [3.05, 3.63) is 46.4 Å². The van der Waals surface area contributed by atoms with Gasteiger partial charge in [0.15, 0.2) is 0 Å². The number of carbonyl (C=O) groups excluding carboxylic acids is 1. The lowest BCUT2D eigenvalue weighted by Gasteiger charge is -2.30. The summed E-state index contributed by atoms with van der Waals surface area (Å²) in [5.74, 6) is 0. The average molecular weight is 368 g/mol. The molecule has 1 unspecified atom stereocenters. The number of aromatic nitrogens is 1. The standard InChI is InChI=1S/C21H28N4O2/c26-20-19-9-2-1-8-18(19)16(13-22-20)14-23-21(27)25-12-4-3-7-17(15-25)24-10-5-6-11-24/h1-2,8-9,13,17H,3-7,10-12,14-15H2,(H,22,26)(H,23,27). The quantitative estimate of drug-likeness (QED) is 0.875. The van der Waals surface area contributed by atoms with Crippen molar-refractivity contribution in [1.29, 1.82) is 0 Å². The van der Waals surface area contributed by atoms with Crippen molar-refractivity contribution in [2.45, 2.75) is 44.7 Å². The molecular formula is C21H28N4O2. The molecule has 2 fully saturated rings. The van der Waals surface area contributed by atoms with E-state index in [1.807, 2.05) is 29.2 Å². The van der Waals surface area contributed by atoms with E-state index in [0.717, 1.165) is 30.5 Å². The van der Waals surface area contributed by atoms with Gasteiger partial charge in [-0.15, -0.1) is 0 Å². The van der Waals surface area contributed by atoms with Crippen LogP contribution in [0.4, 0.5) is 4.79 Å². The van der Waals surface area contributed by atoms with Crippen molar-refractivity contribution in [2.75, 3.05) is 26.2 Å². The van der Waals surface area contributed by atoms with Crippen LogP contribution in [-0.2, 0) is 6.54 Å². The topological polar surface area (TPSA) is 68.4 Å². The van der Waals surface area contributed by atoms with Crippen LogP contribution in [0.3, 0.4) is 0 Å². The minimum Gasteiger partial charge on any atom is -0.334 e. The van der Waals surface area contributed by atoms with E-state index < -0.39 is 0 Å². The third-order valence-electron chi connectivity index (χ3n) is 5.92. The zero-order valence-corrected chi connectivity index (χ0v) is 15.7. The Balaban J connectivity index is 1.43. The molecule has 2 aromatic rings. The first-order valence-electron chi connectivity index (χ1n) is 10.1. The van der Waals surface area contributed by atoms with Crippen LogP contribution in [0.15, 0.2) is 35.3 Å². The molecule has 6 nitrogen and oxygen atoms in total. The van der Waals surface area contributed by atoms with E-state index in [0.29, 0.717) is 18.0 Å². The third-order valence-corrected chi connectivity index (χ3v) is 5.92. The summed E-state index contributed by atoms with van der Waals surface area (Å²) in [4.78, 5) is 32.1. The van der Waals surface area contributed by atoms with Crippen LogP contribution in [0.2, 0.25) is 0 Å². The van der Waals surface area contributed by atoms with Gasteiger partial charge in [-0.25, -0.2) is 4.79 Å². The van der Waals surface area contributed by atoms with E-state index in [1.165, 1.54) is 38.8 Å². The van der Waals surface area contributed by atoms with Crippen molar-refractivity contribution < 1.29 is 4.79 Å². The first kappa shape index (κ1) is 18.0. The largest absolute Gasteiger partial charge is 0.334 e. The fourth-order valence-corrected chi connectivity index (χ4v) is 4.41. The molecule has 2 aliphatic rings. The van der Waals surface area contributed by atoms with Gasteiger partial charge >= 0.3 is 6.03 Å². The number of H-pyrrole nitrogens is 1. The Morgan fingerprint density at radius 2 is 1.81 bits per heavy atom. The number of aromatic amines is 1. The number of amides is 2. The first-order chi connectivity index (χ1) is 13.2. The molecule has 1 aromatic carbocycles. The Kier molecular flexibility index (Phi) is 5.43. The smallest absolute Gasteiger partial charge is 0.317 e. The summed E-state index contributed by atoms with van der Waals surface area (Å²) in [7, 11) is 0. The van der Waals surface area contributed by atoms with Gasteiger partial charge in [0.2, 0.25) is 0 Å². The summed E-state index contributed by atoms with van der Waals surface area (Å²) in [5, 5.41) is 4.62. The lowest BCUT2D eigenvalue weighted by atomic mass is 10.1. The lowest BCUT2D eigenvalue weighted by Crippen LogP contribution is -2.47. The second-order valence-electron chi connectivity index (χ2n) is 7.69. The minimum absolute atomic E-state index is 0.00335. The van der Waals surface area contributed by atoms with E-state index in [-0.39, 0.29) is 11.6 Å². The molecule has 3 heterocycles. The molecule has 4 rings (SSSR count). The van der Waals surface area contributed by atoms with Crippen LogP contribution in [0.1, 0.15) is 37.7 Å². The molecule has 2 saturated heterocycles. The maximum Gasteiger partial charge on any atom is 0.317 e. The fraction of sp³-hybridized carbons (Fsp3) is 0.524. The van der Waals surface area contributed by atoms with Gasteiger partial charge in [-0.05, 0) is 55.8 Å². The van der Waals surface area contributed by atoms with Gasteiger partial charge in [0.1, 0.15) is 0 Å². The van der Waals surface area contributed by atoms with E-state index in [2.05, 4.69) is 15.2 Å². The Bertz CT molecular complexity index is 857. The van der Waals surface area contributed by atoms with Crippen molar-refractivity contribution in [2.24, 2.45) is 0 Å². The monoisotopic (exact) mass is 368 g/mol. The summed E-state index contributed by atoms with van der Waals surface area (Å²) in [5.41, 5.74) is 0.839. The molecule has 0 bridgehead atoms. The van der Waals surface area contributed by atoms with E-state index in [9.17, 15) is 9.59 Å². The normalized spacial score (nSPS) is 21.3. The van der Waals surface area contributed by atoms with Gasteiger partial charge in [-0.1, -0.05) is 24.6 Å². The molecule has 0 aliphatic carbocycles. The molecule has 2 N–H and O–H groups in total. The molecule has 2 amide bonds. The number of hydrogen-bond acceptors (Lipinski definition) is 3. The van der Waals surface area contributed by atoms with Crippen molar-refractivity contribution >= 4 is 16.8 Å². The number of urea groups is 1. The van der Waals surface area contributed by atoms with Gasteiger partial charge in [-0.3, -0.25) is 9.69 Å². The van der Waals surface area contributed by atoms with Gasteiger partial charge in [0.05, 0.1) is 0 Å². The van der Waals surface area contributed by atoms with E-state index in [4.69, 9.17) is 0 Å². The highest BCUT2D eigenvalue weighted by molar-refractivity contribution is 5.85. The average Bonchev–Trinajstić information content (AvgIpc) is 3.12. The maximum atomic E-state index is 12.8. The number of hydrogen-bond donors (Lipinski definition) is 2. The number of likely N-dealkylation sites (tertiary alicyclic amines) is 2. The lowest BCUT2D eigenvalue weighted by molar-refractivity contribution is 0.165. The number of nitrogens with one attached hydrogen (secondary N) is 2. The zero-order valence-electron chi connectivity index (χ0n) is 15.7. The van der Waals surface area contributed by atoms with Crippen LogP contribution in [0.5, 0.6) is 0 Å². The van der Waals surface area contributed by atoms with Gasteiger partial charge in [-0.2, -0.15) is 0 Å². The van der Waals surface area contributed by atoms with Gasteiger partial charge in [0.25, 0.3) is 5.56 Å². The number of benzene rings is 1. The third kappa shape index (κ3) is 4.00. The molecule has 27 heavy (non-hydrogen) atoms. The van der Waals surface area contributed by atoms with Crippen LogP contribution >= 0.6 is 0 Å². The Morgan fingerprint density at radius 1 is 1.07 bits per heavy atom. The maximum absolute atomic E-state index is 12.8. The van der Waals surface area contributed by atoms with Gasteiger partial charge in [0, 0.05) is 37.3 Å². The minimum atomic E-state index is -0.0957. The second kappa shape index (κ2) is 8.13. The van der Waals surface area contributed by atoms with Crippen LogP contribution in [0.25, 0.3) is 10.8 Å². The van der Waals surface area contributed by atoms with E-state index in [1.54, 1.807) is 6.20 Å². The number of rotatable bonds is 3. The number of pyridine rings is 1. The molecular weight excluding hydrogens is 340 g/mol. The zero-order chi connectivity index (χ0) is 18.6. The summed E-state index contributed by atoms with van der Waals surface area (Å²) in [6.45, 7) is 4.40. The fourth-order valence-electron chi connectivity index (χ4n) is 4.41. The molecule has 6 heteroatoms. The highest BCUT2D eigenvalue weighted by Crippen LogP contribution is 2.20. The summed E-state index contributed by atoms with van der Waals surface area (Å²) in [6.07, 6.45) is 7.72. The molecule has 0 saturated carbocycles. The van der Waals surface area contributed by atoms with E-state index >= 15 is 0 Å². The highest BCUT2D eigenvalue weighted by Gasteiger charge is 2.27. The molecule has 1 aromatic heterocycles. The van der Waals surface area contributed by atoms with Crippen molar-refractivity contribution in [3.8, 4) is 0 Å². The summed E-state index contributed by atoms with van der Waals surface area (Å²) >= 11 is 0. The van der Waals surface area contributed by atoms with Crippen molar-refractivity contribution in [3.63, 3.8) is 0 Å². The molecule has 2 aliphatic heterocycles. The molecule has 0 spiro atoms. The van der Waals surface area contributed by atoms with Crippen LogP contribution in [0, 0.1) is 0 Å². The Labute approximate surface area is 159 Å². The number of fused-ring (bicyclic) bond motifs is 1. The van der Waals surface area contributed by atoms with Crippen LogP contribution < -0.4 is 10.9 Å². The first-order valence-corrected chi connectivity index (χ1v) is 10.1. The molecule has 144 valence electrons. The number of nitrogens with zero attached hydrogens (tertiary/aromatic N) is 2. The second-order valence-corrected chi connectivity index (χ2v) is 7.69. The van der Waals surface area contributed by atoms with Gasteiger partial charge < -0.3 is 15.2 Å². The predicted molar refractivity (Wildman–Crippen MR) is 107 cm³/mol. The highest BCUT2D eigenvalue weighted by atomic mass is 16.2. The van der Waals surface area contributed by atoms with Crippen LogP contribution in [-0.4, -0.2) is 53.0 Å². The number of carbonyl (C=O) groups is 1. The summed E-state index contributed by atoms with van der Waals surface area (Å²) in [6, 6.07) is 8.01. The molecule has 1 atom stereocenters. The SMILES string of the molecule is O=C(NCc1c[nH]c(=O)c2ccccc12)N1CCCCC(N2CCCC2)C1. The predicted octanol–water partition coefficient (Wildman–Crippen LogP) is 2.69. The molecule has 0 radical (unpaired) electrons.